The number of unbranched alkanes of at least 4 members (excludes halogenated alkanes) is 1. The van der Waals surface area contributed by atoms with E-state index in [-0.39, 0.29) is 24.2 Å². The summed E-state index contributed by atoms with van der Waals surface area (Å²) in [5.74, 6) is 0.415. The lowest BCUT2D eigenvalue weighted by Crippen LogP contribution is -2.20. The van der Waals surface area contributed by atoms with E-state index in [1.54, 1.807) is 12.1 Å². The van der Waals surface area contributed by atoms with Crippen LogP contribution in [0.5, 0.6) is 5.75 Å². The van der Waals surface area contributed by atoms with Crippen LogP contribution in [-0.2, 0) is 61.6 Å². The van der Waals surface area contributed by atoms with Crippen LogP contribution in [0.4, 0.5) is 5.69 Å². The number of ether oxygens (including phenoxy) is 13. The van der Waals surface area contributed by atoms with Crippen LogP contribution in [0, 0.1) is 16.0 Å². The molecule has 0 bridgehead atoms. The molecule has 0 radical (unpaired) electrons. The molecule has 0 amide bonds. The number of carbonyl (C=O) groups excluding carboxylic acids is 1. The van der Waals surface area contributed by atoms with Crippen molar-refractivity contribution in [3.63, 3.8) is 0 Å². The van der Waals surface area contributed by atoms with E-state index in [1.807, 2.05) is 6.92 Å². The lowest BCUT2D eigenvalue weighted by atomic mass is 10.00. The summed E-state index contributed by atoms with van der Waals surface area (Å²) in [6, 6.07) is 5.90. The van der Waals surface area contributed by atoms with E-state index in [1.165, 1.54) is 12.1 Å². The quantitative estimate of drug-likeness (QED) is 0.0402. The molecule has 1 aromatic carbocycles. The average molecular weight is 794 g/mol. The number of hydrogen-bond donors (Lipinski definition) is 0. The van der Waals surface area contributed by atoms with Crippen molar-refractivity contribution in [1.82, 2.24) is 0 Å². The maximum atomic E-state index is 12.0. The minimum atomic E-state index is -0.454. The molecule has 0 aliphatic carbocycles. The average Bonchev–Trinajstić information content (AvgIpc) is 3.19. The first-order valence-electron chi connectivity index (χ1n) is 19.5. The molecule has 0 fully saturated rings. The highest BCUT2D eigenvalue weighted by molar-refractivity contribution is 5.72. The predicted molar refractivity (Wildman–Crippen MR) is 202 cm³/mol. The number of hydrogen-bond acceptors (Lipinski definition) is 16. The van der Waals surface area contributed by atoms with E-state index in [4.69, 9.17) is 61.6 Å². The van der Waals surface area contributed by atoms with Gasteiger partial charge in [0.15, 0.2) is 0 Å². The highest BCUT2D eigenvalue weighted by Gasteiger charge is 2.17. The first kappa shape index (κ1) is 50.5. The zero-order valence-electron chi connectivity index (χ0n) is 33.2. The maximum absolute atomic E-state index is 12.0. The molecule has 1 rings (SSSR count). The third-order valence-electron chi connectivity index (χ3n) is 7.47. The molecule has 0 aliphatic rings. The Morgan fingerprint density at radius 2 is 0.818 bits per heavy atom. The Morgan fingerprint density at radius 3 is 1.11 bits per heavy atom. The van der Waals surface area contributed by atoms with Crippen LogP contribution >= 0.6 is 0 Å². The van der Waals surface area contributed by atoms with Crippen molar-refractivity contribution in [3.8, 4) is 5.75 Å². The van der Waals surface area contributed by atoms with E-state index < -0.39 is 4.92 Å². The lowest BCUT2D eigenvalue weighted by Gasteiger charge is -2.13. The second kappa shape index (κ2) is 39.7. The van der Waals surface area contributed by atoms with Crippen molar-refractivity contribution in [2.45, 2.75) is 39.5 Å². The van der Waals surface area contributed by atoms with Gasteiger partial charge in [-0.1, -0.05) is 26.7 Å². The van der Waals surface area contributed by atoms with Crippen LogP contribution in [0.1, 0.15) is 39.5 Å². The van der Waals surface area contributed by atoms with Gasteiger partial charge in [0.1, 0.15) is 19.0 Å². The molecule has 17 nitrogen and oxygen atoms in total. The smallest absolute Gasteiger partial charge is 0.308 e. The third kappa shape index (κ3) is 33.3. The summed E-state index contributed by atoms with van der Waals surface area (Å²) >= 11 is 0. The van der Waals surface area contributed by atoms with E-state index in [9.17, 15) is 14.9 Å². The van der Waals surface area contributed by atoms with Gasteiger partial charge in [0, 0.05) is 12.1 Å². The summed E-state index contributed by atoms with van der Waals surface area (Å²) in [4.78, 5) is 22.2. The Labute approximate surface area is 326 Å². The van der Waals surface area contributed by atoms with Crippen molar-refractivity contribution in [2.24, 2.45) is 5.92 Å². The van der Waals surface area contributed by atoms with Gasteiger partial charge in [0.25, 0.3) is 5.69 Å². The molecule has 0 spiro atoms. The Hall–Kier alpha value is -2.55. The molecule has 320 valence electrons. The molecular weight excluding hydrogens is 726 g/mol. The molecule has 17 heteroatoms. The minimum Gasteiger partial charge on any atom is -0.491 e. The summed E-state index contributed by atoms with van der Waals surface area (Å²) in [6.45, 7) is 14.9. The van der Waals surface area contributed by atoms with Gasteiger partial charge in [-0.2, -0.15) is 0 Å². The number of non-ortho nitro benzene ring substituents is 1. The highest BCUT2D eigenvalue weighted by atomic mass is 16.6. The zero-order chi connectivity index (χ0) is 39.7. The Morgan fingerprint density at radius 1 is 0.509 bits per heavy atom. The van der Waals surface area contributed by atoms with Crippen LogP contribution in [0.15, 0.2) is 24.3 Å². The zero-order valence-corrected chi connectivity index (χ0v) is 33.2. The number of carbonyl (C=O) groups is 1. The molecule has 55 heavy (non-hydrogen) atoms. The number of benzene rings is 1. The van der Waals surface area contributed by atoms with Gasteiger partial charge in [-0.25, -0.2) is 0 Å². The van der Waals surface area contributed by atoms with Gasteiger partial charge in [-0.15, -0.1) is 0 Å². The van der Waals surface area contributed by atoms with Gasteiger partial charge in [-0.05, 0) is 25.0 Å². The van der Waals surface area contributed by atoms with Crippen molar-refractivity contribution < 1.29 is 71.3 Å². The summed E-state index contributed by atoms with van der Waals surface area (Å²) in [5, 5.41) is 10.7. The predicted octanol–water partition coefficient (Wildman–Crippen LogP) is 3.92. The van der Waals surface area contributed by atoms with Gasteiger partial charge >= 0.3 is 5.97 Å². The first-order chi connectivity index (χ1) is 27.1. The summed E-state index contributed by atoms with van der Waals surface area (Å²) in [5.41, 5.74) is 0.0224. The minimum absolute atomic E-state index is 0.0112. The van der Waals surface area contributed by atoms with Gasteiger partial charge < -0.3 is 61.6 Å². The standard InChI is InChI=1S/C38H67NO16/c1-3-5-6-35(4-2)38(40)55-34-32-53-30-28-51-26-24-49-22-20-47-18-16-45-14-12-43-11-13-44-15-17-46-19-21-48-23-25-50-27-29-52-31-33-54-37-9-7-36(8-10-37)39(41)42/h7-10,35H,3-6,11-34H2,1-2H3. The summed E-state index contributed by atoms with van der Waals surface area (Å²) in [6.07, 6.45) is 3.81. The lowest BCUT2D eigenvalue weighted by molar-refractivity contribution is -0.384. The topological polar surface area (TPSA) is 180 Å². The van der Waals surface area contributed by atoms with Gasteiger partial charge in [0.05, 0.1) is 156 Å². The van der Waals surface area contributed by atoms with E-state index in [2.05, 4.69) is 6.92 Å². The summed E-state index contributed by atoms with van der Waals surface area (Å²) in [7, 11) is 0. The summed E-state index contributed by atoms with van der Waals surface area (Å²) < 4.78 is 70.9. The number of rotatable bonds is 43. The Balaban J connectivity index is 1.66. The van der Waals surface area contributed by atoms with Crippen LogP contribution in [0.2, 0.25) is 0 Å². The number of nitrogens with zero attached hydrogens (tertiary/aromatic N) is 1. The van der Waals surface area contributed by atoms with Crippen molar-refractivity contribution in [1.29, 1.82) is 0 Å². The largest absolute Gasteiger partial charge is 0.491 e. The fourth-order valence-corrected chi connectivity index (χ4v) is 4.44. The van der Waals surface area contributed by atoms with Crippen LogP contribution in [0.3, 0.4) is 0 Å². The van der Waals surface area contributed by atoms with E-state index in [0.29, 0.717) is 158 Å². The van der Waals surface area contributed by atoms with Crippen molar-refractivity contribution in [3.05, 3.63) is 34.4 Å². The van der Waals surface area contributed by atoms with Gasteiger partial charge in [-0.3, -0.25) is 14.9 Å². The monoisotopic (exact) mass is 793 g/mol. The Bertz CT molecular complexity index is 990. The van der Waals surface area contributed by atoms with Crippen LogP contribution in [0.25, 0.3) is 0 Å². The maximum Gasteiger partial charge on any atom is 0.308 e. The molecular formula is C38H67NO16. The molecule has 0 heterocycles. The fourth-order valence-electron chi connectivity index (χ4n) is 4.44. The Kier molecular flexibility index (Phi) is 36.4. The molecule has 0 aliphatic heterocycles. The SMILES string of the molecule is CCCCC(CC)C(=O)OCCOCCOCCOCCOCCOCCOCCOCCOCCOCCOCCOCCOc1ccc([N+](=O)[O-])cc1. The van der Waals surface area contributed by atoms with Crippen LogP contribution < -0.4 is 4.74 Å². The molecule has 0 saturated heterocycles. The second-order valence-corrected chi connectivity index (χ2v) is 11.8. The normalized spacial score (nSPS) is 11.9. The molecule has 1 atom stereocenters. The molecule has 1 unspecified atom stereocenters. The highest BCUT2D eigenvalue weighted by Crippen LogP contribution is 2.17. The van der Waals surface area contributed by atoms with Crippen molar-refractivity contribution >= 4 is 11.7 Å². The second-order valence-electron chi connectivity index (χ2n) is 11.8. The fraction of sp³-hybridized carbons (Fsp3) is 0.816. The molecule has 0 aromatic heterocycles. The molecule has 0 saturated carbocycles. The third-order valence-corrected chi connectivity index (χ3v) is 7.47. The van der Waals surface area contributed by atoms with Gasteiger partial charge in [0.2, 0.25) is 0 Å². The molecule has 1 aromatic rings. The number of nitro groups is 1. The van der Waals surface area contributed by atoms with Crippen molar-refractivity contribution in [2.75, 3.05) is 159 Å². The van der Waals surface area contributed by atoms with Crippen LogP contribution in [-0.4, -0.2) is 169 Å². The number of nitro benzene ring substituents is 1. The van der Waals surface area contributed by atoms with E-state index >= 15 is 0 Å². The first-order valence-corrected chi connectivity index (χ1v) is 19.5. The molecule has 0 N–H and O–H groups in total. The number of esters is 1. The van der Waals surface area contributed by atoms with E-state index in [0.717, 1.165) is 25.7 Å².